The van der Waals surface area contributed by atoms with Crippen molar-refractivity contribution in [3.05, 3.63) is 115 Å². The van der Waals surface area contributed by atoms with Gasteiger partial charge < -0.3 is 24.5 Å². The molecule has 44 heavy (non-hydrogen) atoms. The SMILES string of the molecule is CCOC(=O)C1=C(C)NC(C)=C(C(=O)OC)C1c1cccc(Cl)c1Cl.Cc1ccc(C(=O)c2ccc(CC(=O)O)n2C)cc1. The van der Waals surface area contributed by atoms with Crippen molar-refractivity contribution in [1.29, 1.82) is 0 Å². The lowest BCUT2D eigenvalue weighted by Crippen LogP contribution is -2.32. The summed E-state index contributed by atoms with van der Waals surface area (Å²) in [5.74, 6) is -2.82. The van der Waals surface area contributed by atoms with E-state index in [9.17, 15) is 19.2 Å². The molecule has 11 heteroatoms. The van der Waals surface area contributed by atoms with Crippen molar-refractivity contribution in [2.24, 2.45) is 7.05 Å². The van der Waals surface area contributed by atoms with Crippen LogP contribution in [0.25, 0.3) is 0 Å². The number of nitrogens with zero attached hydrogens (tertiary/aromatic N) is 1. The van der Waals surface area contributed by atoms with Crippen LogP contribution < -0.4 is 5.32 Å². The Balaban J connectivity index is 0.000000249. The molecular weight excluding hydrogens is 607 g/mol. The van der Waals surface area contributed by atoms with E-state index in [1.807, 2.05) is 19.1 Å². The summed E-state index contributed by atoms with van der Waals surface area (Å²) in [6.45, 7) is 7.37. The number of carboxylic acid groups (broad SMARTS) is 1. The van der Waals surface area contributed by atoms with Gasteiger partial charge in [-0.1, -0.05) is 65.2 Å². The lowest BCUT2D eigenvalue weighted by molar-refractivity contribution is -0.139. The number of halogens is 2. The minimum atomic E-state index is -0.907. The molecule has 4 rings (SSSR count). The third kappa shape index (κ3) is 7.59. The second-order valence-corrected chi connectivity index (χ2v) is 10.8. The van der Waals surface area contributed by atoms with Gasteiger partial charge in [0.25, 0.3) is 0 Å². The summed E-state index contributed by atoms with van der Waals surface area (Å²) in [5.41, 5.74) is 5.12. The van der Waals surface area contributed by atoms with Crippen molar-refractivity contribution in [3.8, 4) is 0 Å². The number of methoxy groups -OCH3 is 1. The van der Waals surface area contributed by atoms with E-state index < -0.39 is 23.8 Å². The predicted molar refractivity (Wildman–Crippen MR) is 168 cm³/mol. The summed E-state index contributed by atoms with van der Waals surface area (Å²) in [7, 11) is 2.99. The summed E-state index contributed by atoms with van der Waals surface area (Å²) < 4.78 is 11.7. The zero-order valence-electron chi connectivity index (χ0n) is 25.3. The number of aryl methyl sites for hydroxylation is 1. The maximum atomic E-state index is 12.6. The molecule has 2 N–H and O–H groups in total. The molecule has 1 aliphatic heterocycles. The first-order valence-corrected chi connectivity index (χ1v) is 14.4. The number of dihydropyridines is 1. The number of rotatable bonds is 8. The number of carboxylic acids is 1. The number of hydrogen-bond acceptors (Lipinski definition) is 7. The first-order valence-electron chi connectivity index (χ1n) is 13.7. The van der Waals surface area contributed by atoms with Crippen molar-refractivity contribution in [2.45, 2.75) is 40.0 Å². The summed E-state index contributed by atoms with van der Waals surface area (Å²) in [6.07, 6.45) is -0.0856. The summed E-state index contributed by atoms with van der Waals surface area (Å²) >= 11 is 12.5. The van der Waals surface area contributed by atoms with Crippen LogP contribution in [0.3, 0.4) is 0 Å². The minimum absolute atomic E-state index is 0.0856. The molecule has 0 amide bonds. The van der Waals surface area contributed by atoms with Crippen molar-refractivity contribution in [2.75, 3.05) is 13.7 Å². The Morgan fingerprint density at radius 2 is 1.52 bits per heavy atom. The zero-order chi connectivity index (χ0) is 32.7. The fourth-order valence-electron chi connectivity index (χ4n) is 4.88. The van der Waals surface area contributed by atoms with Crippen LogP contribution in [0.15, 0.2) is 77.1 Å². The number of esters is 2. The molecule has 1 aliphatic rings. The fraction of sp³-hybridized carbons (Fsp3) is 0.273. The number of hydrogen-bond donors (Lipinski definition) is 2. The number of ketones is 1. The van der Waals surface area contributed by atoms with Gasteiger partial charge in [0.15, 0.2) is 0 Å². The topological polar surface area (TPSA) is 124 Å². The van der Waals surface area contributed by atoms with Gasteiger partial charge in [0.2, 0.25) is 5.78 Å². The maximum Gasteiger partial charge on any atom is 0.336 e. The van der Waals surface area contributed by atoms with Gasteiger partial charge in [-0.25, -0.2) is 9.59 Å². The van der Waals surface area contributed by atoms with Gasteiger partial charge >= 0.3 is 17.9 Å². The molecule has 2 heterocycles. The zero-order valence-corrected chi connectivity index (χ0v) is 26.8. The Labute approximate surface area is 266 Å². The molecule has 0 radical (unpaired) electrons. The highest BCUT2D eigenvalue weighted by atomic mass is 35.5. The standard InChI is InChI=1S/C18H19Cl2NO4.C15H15NO3/c1-5-25-18(23)14-10(3)21-9(2)13(17(22)24-4)15(14)11-7-6-8-12(19)16(11)20;1-10-3-5-11(6-4-10)15(19)13-8-7-12(16(13)2)9-14(17)18/h6-8,15,21H,5H2,1-4H3;3-8H,9H2,1-2H3,(H,17,18). The molecule has 9 nitrogen and oxygen atoms in total. The quantitative estimate of drug-likeness (QED) is 0.222. The molecule has 0 saturated heterocycles. The summed E-state index contributed by atoms with van der Waals surface area (Å²) in [5, 5.41) is 12.4. The largest absolute Gasteiger partial charge is 0.481 e. The van der Waals surface area contributed by atoms with E-state index in [2.05, 4.69) is 5.32 Å². The number of carbonyl (C=O) groups is 4. The molecule has 0 spiro atoms. The van der Waals surface area contributed by atoms with Crippen LogP contribution in [-0.2, 0) is 37.3 Å². The molecule has 1 unspecified atom stereocenters. The van der Waals surface area contributed by atoms with E-state index >= 15 is 0 Å². The number of allylic oxidation sites excluding steroid dienone is 2. The molecule has 0 saturated carbocycles. The Morgan fingerprint density at radius 1 is 0.909 bits per heavy atom. The number of nitrogens with one attached hydrogen (secondary N) is 1. The number of benzene rings is 2. The second-order valence-electron chi connectivity index (χ2n) is 10.0. The van der Waals surface area contributed by atoms with Crippen LogP contribution in [0.2, 0.25) is 10.0 Å². The highest BCUT2D eigenvalue weighted by Gasteiger charge is 2.39. The lowest BCUT2D eigenvalue weighted by Gasteiger charge is -2.30. The summed E-state index contributed by atoms with van der Waals surface area (Å²) in [4.78, 5) is 48.0. The fourth-order valence-corrected chi connectivity index (χ4v) is 5.29. The van der Waals surface area contributed by atoms with Gasteiger partial charge in [0.05, 0.1) is 52.9 Å². The monoisotopic (exact) mass is 640 g/mol. The van der Waals surface area contributed by atoms with Crippen molar-refractivity contribution >= 4 is 46.9 Å². The van der Waals surface area contributed by atoms with Gasteiger partial charge in [-0.15, -0.1) is 0 Å². The van der Waals surface area contributed by atoms with Crippen LogP contribution in [-0.4, -0.2) is 47.1 Å². The van der Waals surface area contributed by atoms with E-state index in [1.165, 1.54) is 7.11 Å². The Bertz CT molecular complexity index is 1650. The number of ether oxygens (including phenoxy) is 2. The van der Waals surface area contributed by atoms with Gasteiger partial charge in [0, 0.05) is 29.7 Å². The first-order chi connectivity index (χ1) is 20.8. The van der Waals surface area contributed by atoms with Gasteiger partial charge in [-0.05, 0) is 51.5 Å². The van der Waals surface area contributed by atoms with Gasteiger partial charge in [-0.2, -0.15) is 0 Å². The number of aromatic nitrogens is 1. The highest BCUT2D eigenvalue weighted by molar-refractivity contribution is 6.42. The van der Waals surface area contributed by atoms with Crippen molar-refractivity contribution in [3.63, 3.8) is 0 Å². The second kappa shape index (κ2) is 14.9. The van der Waals surface area contributed by atoms with E-state index in [0.717, 1.165) is 5.56 Å². The van der Waals surface area contributed by atoms with Crippen molar-refractivity contribution in [1.82, 2.24) is 9.88 Å². The van der Waals surface area contributed by atoms with E-state index in [-0.39, 0.29) is 23.8 Å². The van der Waals surface area contributed by atoms with Gasteiger partial charge in [-0.3, -0.25) is 9.59 Å². The molecule has 0 aliphatic carbocycles. The lowest BCUT2D eigenvalue weighted by atomic mass is 9.80. The molecule has 1 atom stereocenters. The average molecular weight is 642 g/mol. The van der Waals surface area contributed by atoms with Crippen LogP contribution >= 0.6 is 23.2 Å². The smallest absolute Gasteiger partial charge is 0.336 e. The van der Waals surface area contributed by atoms with Crippen molar-refractivity contribution < 1.29 is 33.8 Å². The molecule has 3 aromatic rings. The molecule has 232 valence electrons. The average Bonchev–Trinajstić information content (AvgIpc) is 3.33. The van der Waals surface area contributed by atoms with E-state index in [0.29, 0.717) is 50.1 Å². The molecule has 2 aromatic carbocycles. The Morgan fingerprint density at radius 3 is 2.09 bits per heavy atom. The number of carbonyl (C=O) groups excluding carboxylic acids is 3. The molecule has 0 fully saturated rings. The first kappa shape index (κ1) is 34.2. The van der Waals surface area contributed by atoms with Crippen LogP contribution in [0.1, 0.15) is 59.6 Å². The number of aliphatic carboxylic acids is 1. The van der Waals surface area contributed by atoms with Crippen LogP contribution in [0.4, 0.5) is 0 Å². The van der Waals surface area contributed by atoms with E-state index in [4.69, 9.17) is 37.8 Å². The normalized spacial score (nSPS) is 14.3. The Kier molecular flexibility index (Phi) is 11.6. The van der Waals surface area contributed by atoms with E-state index in [1.54, 1.807) is 74.9 Å². The van der Waals surface area contributed by atoms with Gasteiger partial charge in [0.1, 0.15) is 0 Å². The third-order valence-corrected chi connectivity index (χ3v) is 7.89. The molecule has 1 aromatic heterocycles. The predicted octanol–water partition coefficient (Wildman–Crippen LogP) is 6.16. The molecular formula is C33H34Cl2N2O7. The third-order valence-electron chi connectivity index (χ3n) is 7.06. The molecule has 0 bridgehead atoms. The highest BCUT2D eigenvalue weighted by Crippen LogP contribution is 2.43. The minimum Gasteiger partial charge on any atom is -0.481 e. The summed E-state index contributed by atoms with van der Waals surface area (Å²) in [6, 6.07) is 15.8. The van der Waals surface area contributed by atoms with Crippen LogP contribution in [0, 0.1) is 6.92 Å². The maximum absolute atomic E-state index is 12.6. The Hall–Kier alpha value is -4.34. The van der Waals surface area contributed by atoms with Crippen LogP contribution in [0.5, 0.6) is 0 Å².